The summed E-state index contributed by atoms with van der Waals surface area (Å²) in [6.45, 7) is 5.31. The van der Waals surface area contributed by atoms with Crippen LogP contribution in [0.5, 0.6) is 0 Å². The Morgan fingerprint density at radius 1 is 1.07 bits per heavy atom. The third-order valence-electron chi connectivity index (χ3n) is 4.99. The van der Waals surface area contributed by atoms with Crippen molar-refractivity contribution in [1.29, 1.82) is 0 Å². The molecule has 0 saturated heterocycles. The van der Waals surface area contributed by atoms with Crippen molar-refractivity contribution in [3.05, 3.63) is 54.0 Å². The Hall–Kier alpha value is -3.55. The van der Waals surface area contributed by atoms with Crippen LogP contribution in [0.15, 0.2) is 42.6 Å². The smallest absolute Gasteiger partial charge is 0.228 e. The van der Waals surface area contributed by atoms with E-state index in [0.717, 1.165) is 41.4 Å². The van der Waals surface area contributed by atoms with Crippen LogP contribution in [-0.4, -0.2) is 38.1 Å². The summed E-state index contributed by atoms with van der Waals surface area (Å²) in [5, 5.41) is 7.15. The molecule has 2 amide bonds. The fourth-order valence-electron chi connectivity index (χ4n) is 3.54. The summed E-state index contributed by atoms with van der Waals surface area (Å²) in [6, 6.07) is 11.3. The number of hydrogen-bond acceptors (Lipinski definition) is 5. The first-order chi connectivity index (χ1) is 14.5. The minimum Gasteiger partial charge on any atom is -0.311 e. The minimum atomic E-state index is -0.237. The molecule has 3 aromatic rings. The molecule has 0 fully saturated rings. The van der Waals surface area contributed by atoms with Crippen LogP contribution in [0.25, 0.3) is 11.3 Å². The van der Waals surface area contributed by atoms with Gasteiger partial charge in [-0.25, -0.2) is 9.67 Å². The summed E-state index contributed by atoms with van der Waals surface area (Å²) in [4.78, 5) is 35.4. The van der Waals surface area contributed by atoms with Crippen molar-refractivity contribution in [2.24, 2.45) is 0 Å². The predicted octanol–water partition coefficient (Wildman–Crippen LogP) is 3.11. The lowest BCUT2D eigenvalue weighted by molar-refractivity contribution is -0.122. The summed E-state index contributed by atoms with van der Waals surface area (Å²) in [7, 11) is 0. The highest BCUT2D eigenvalue weighted by molar-refractivity contribution is 5.97. The molecule has 0 aromatic carbocycles. The monoisotopic (exact) mass is 404 g/mol. The molecular formula is C22H24N6O2. The van der Waals surface area contributed by atoms with Crippen LogP contribution in [0.1, 0.15) is 30.7 Å². The number of anilines is 2. The maximum absolute atomic E-state index is 12.6. The number of rotatable bonds is 5. The Labute approximate surface area is 175 Å². The van der Waals surface area contributed by atoms with Gasteiger partial charge in [-0.2, -0.15) is 5.10 Å². The number of nitrogens with zero attached hydrogens (tertiary/aromatic N) is 5. The lowest BCUT2D eigenvalue weighted by Crippen LogP contribution is -2.37. The van der Waals surface area contributed by atoms with Gasteiger partial charge in [-0.3, -0.25) is 19.5 Å². The lowest BCUT2D eigenvalue weighted by Gasteiger charge is -2.27. The number of hydrogen-bond donors (Lipinski definition) is 1. The van der Waals surface area contributed by atoms with Crippen molar-refractivity contribution in [2.45, 2.75) is 39.7 Å². The molecule has 4 heterocycles. The van der Waals surface area contributed by atoms with E-state index in [-0.39, 0.29) is 24.7 Å². The van der Waals surface area contributed by atoms with Gasteiger partial charge in [0.05, 0.1) is 11.4 Å². The highest BCUT2D eigenvalue weighted by Crippen LogP contribution is 2.23. The maximum Gasteiger partial charge on any atom is 0.228 e. The molecule has 0 radical (unpaired) electrons. The molecule has 1 N–H and O–H groups in total. The topological polar surface area (TPSA) is 93.0 Å². The number of fused-ring (bicyclic) bond motifs is 1. The lowest BCUT2D eigenvalue weighted by atomic mass is 10.2. The molecule has 0 saturated carbocycles. The molecule has 0 bridgehead atoms. The Morgan fingerprint density at radius 3 is 2.70 bits per heavy atom. The molecule has 1 aliphatic rings. The second-order valence-corrected chi connectivity index (χ2v) is 7.41. The molecule has 30 heavy (non-hydrogen) atoms. The first-order valence-electron chi connectivity index (χ1n) is 10.0. The van der Waals surface area contributed by atoms with Gasteiger partial charge < -0.3 is 5.32 Å². The normalized spacial score (nSPS) is 13.1. The second kappa shape index (κ2) is 8.44. The third kappa shape index (κ3) is 4.37. The molecule has 154 valence electrons. The summed E-state index contributed by atoms with van der Waals surface area (Å²) in [5.74, 6) is 0.959. The summed E-state index contributed by atoms with van der Waals surface area (Å²) >= 11 is 0. The standard InChI is InChI=1S/C22H24N6O2/c1-15-5-3-6-18(24-15)17-7-8-19(23-14-17)25-20(29)9-10-22(30)27-11-4-12-28-21(27)13-16(2)26-28/h3,5-8,13-14H,4,9-12H2,1-2H3,(H,23,25,29). The molecule has 0 atom stereocenters. The zero-order valence-corrected chi connectivity index (χ0v) is 17.1. The van der Waals surface area contributed by atoms with Gasteiger partial charge in [-0.1, -0.05) is 6.07 Å². The van der Waals surface area contributed by atoms with Crippen molar-refractivity contribution >= 4 is 23.5 Å². The fourth-order valence-corrected chi connectivity index (χ4v) is 3.54. The number of carbonyl (C=O) groups excluding carboxylic acids is 2. The second-order valence-electron chi connectivity index (χ2n) is 7.41. The first-order valence-corrected chi connectivity index (χ1v) is 10.0. The van der Waals surface area contributed by atoms with Crippen LogP contribution >= 0.6 is 0 Å². The summed E-state index contributed by atoms with van der Waals surface area (Å²) in [6.07, 6.45) is 2.78. The van der Waals surface area contributed by atoms with Crippen molar-refractivity contribution < 1.29 is 9.59 Å². The average Bonchev–Trinajstić information content (AvgIpc) is 3.12. The van der Waals surface area contributed by atoms with E-state index in [4.69, 9.17) is 0 Å². The number of amides is 2. The molecule has 8 nitrogen and oxygen atoms in total. The molecular weight excluding hydrogens is 380 g/mol. The van der Waals surface area contributed by atoms with Crippen LogP contribution in [0.2, 0.25) is 0 Å². The molecule has 0 spiro atoms. The van der Waals surface area contributed by atoms with Crippen molar-refractivity contribution in [3.63, 3.8) is 0 Å². The highest BCUT2D eigenvalue weighted by atomic mass is 16.2. The third-order valence-corrected chi connectivity index (χ3v) is 4.99. The SMILES string of the molecule is Cc1cccc(-c2ccc(NC(=O)CCC(=O)N3CCCn4nc(C)cc43)nc2)n1. The van der Waals surface area contributed by atoms with Crippen molar-refractivity contribution in [1.82, 2.24) is 19.7 Å². The molecule has 4 rings (SSSR count). The van der Waals surface area contributed by atoms with Crippen LogP contribution in [0, 0.1) is 13.8 Å². The number of aryl methyl sites for hydroxylation is 3. The van der Waals surface area contributed by atoms with Crippen LogP contribution in [0.4, 0.5) is 11.6 Å². The van der Waals surface area contributed by atoms with E-state index in [9.17, 15) is 9.59 Å². The quantitative estimate of drug-likeness (QED) is 0.705. The van der Waals surface area contributed by atoms with E-state index in [1.54, 1.807) is 17.2 Å². The number of nitrogens with one attached hydrogen (secondary N) is 1. The number of aromatic nitrogens is 4. The van der Waals surface area contributed by atoms with Gasteiger partial charge in [0.15, 0.2) is 0 Å². The predicted molar refractivity (Wildman–Crippen MR) is 114 cm³/mol. The van der Waals surface area contributed by atoms with E-state index in [2.05, 4.69) is 20.4 Å². The van der Waals surface area contributed by atoms with Gasteiger partial charge in [0, 0.05) is 49.5 Å². The van der Waals surface area contributed by atoms with E-state index >= 15 is 0 Å². The van der Waals surface area contributed by atoms with Gasteiger partial charge in [0.25, 0.3) is 0 Å². The van der Waals surface area contributed by atoms with E-state index < -0.39 is 0 Å². The summed E-state index contributed by atoms with van der Waals surface area (Å²) < 4.78 is 1.85. The number of carbonyl (C=O) groups is 2. The average molecular weight is 404 g/mol. The Bertz CT molecular complexity index is 1070. The van der Waals surface area contributed by atoms with Gasteiger partial charge >= 0.3 is 0 Å². The molecule has 0 aliphatic carbocycles. The van der Waals surface area contributed by atoms with E-state index in [1.807, 2.05) is 48.9 Å². The summed E-state index contributed by atoms with van der Waals surface area (Å²) in [5.41, 5.74) is 3.53. The first kappa shape index (κ1) is 19.8. The van der Waals surface area contributed by atoms with Crippen molar-refractivity contribution in [2.75, 3.05) is 16.8 Å². The molecule has 1 aliphatic heterocycles. The zero-order chi connectivity index (χ0) is 21.1. The van der Waals surface area contributed by atoms with Gasteiger partial charge in [-0.15, -0.1) is 0 Å². The van der Waals surface area contributed by atoms with E-state index in [1.165, 1.54) is 0 Å². The Morgan fingerprint density at radius 2 is 1.93 bits per heavy atom. The van der Waals surface area contributed by atoms with Crippen LogP contribution in [-0.2, 0) is 16.1 Å². The van der Waals surface area contributed by atoms with Gasteiger partial charge in [-0.05, 0) is 44.5 Å². The number of pyridine rings is 2. The maximum atomic E-state index is 12.6. The van der Waals surface area contributed by atoms with Crippen LogP contribution in [0.3, 0.4) is 0 Å². The van der Waals surface area contributed by atoms with Crippen molar-refractivity contribution in [3.8, 4) is 11.3 Å². The highest BCUT2D eigenvalue weighted by Gasteiger charge is 2.24. The Balaban J connectivity index is 1.32. The zero-order valence-electron chi connectivity index (χ0n) is 17.1. The fraction of sp³-hybridized carbons (Fsp3) is 0.318. The molecule has 3 aromatic heterocycles. The largest absolute Gasteiger partial charge is 0.311 e. The van der Waals surface area contributed by atoms with Gasteiger partial charge in [0.1, 0.15) is 11.6 Å². The molecule has 0 unspecified atom stereocenters. The Kier molecular flexibility index (Phi) is 5.56. The molecule has 8 heteroatoms. The minimum absolute atomic E-state index is 0.0696. The van der Waals surface area contributed by atoms with E-state index in [0.29, 0.717) is 12.4 Å². The van der Waals surface area contributed by atoms with Crippen LogP contribution < -0.4 is 10.2 Å². The van der Waals surface area contributed by atoms with Gasteiger partial charge in [0.2, 0.25) is 11.8 Å².